The van der Waals surface area contributed by atoms with Crippen LogP contribution < -0.4 is 0 Å². The lowest BCUT2D eigenvalue weighted by atomic mass is 9.81. The second-order valence-electron chi connectivity index (χ2n) is 14.4. The molecule has 0 N–H and O–H groups in total. The third-order valence-corrected chi connectivity index (χ3v) is 10.9. The van der Waals surface area contributed by atoms with Crippen LogP contribution in [0.4, 0.5) is 0 Å². The van der Waals surface area contributed by atoms with E-state index in [0.29, 0.717) is 17.5 Å². The minimum absolute atomic E-state index is 0.198. The van der Waals surface area contributed by atoms with Gasteiger partial charge < -0.3 is 8.83 Å². The van der Waals surface area contributed by atoms with Crippen molar-refractivity contribution in [1.29, 1.82) is 0 Å². The monoisotopic (exact) mass is 681 g/mol. The van der Waals surface area contributed by atoms with Crippen LogP contribution in [0.25, 0.3) is 100 Å². The number of aromatic nitrogens is 3. The normalized spacial score (nSPS) is 13.2. The van der Waals surface area contributed by atoms with Gasteiger partial charge in [-0.1, -0.05) is 123 Å². The van der Waals surface area contributed by atoms with Crippen molar-refractivity contribution in [2.24, 2.45) is 0 Å². The molecular weight excluding hydrogens is 651 g/mol. The van der Waals surface area contributed by atoms with Crippen molar-refractivity contribution in [3.05, 3.63) is 163 Å². The van der Waals surface area contributed by atoms with Crippen molar-refractivity contribution in [1.82, 2.24) is 15.0 Å². The van der Waals surface area contributed by atoms with Gasteiger partial charge in [-0.05, 0) is 75.8 Å². The van der Waals surface area contributed by atoms with Crippen LogP contribution in [-0.4, -0.2) is 15.0 Å². The minimum Gasteiger partial charge on any atom is -0.456 e. The molecule has 0 saturated carbocycles. The zero-order valence-electron chi connectivity index (χ0n) is 29.1. The van der Waals surface area contributed by atoms with E-state index in [4.69, 9.17) is 23.8 Å². The van der Waals surface area contributed by atoms with Crippen molar-refractivity contribution in [3.63, 3.8) is 0 Å². The average Bonchev–Trinajstić information content (AvgIpc) is 3.84. The van der Waals surface area contributed by atoms with Crippen molar-refractivity contribution in [2.45, 2.75) is 19.3 Å². The summed E-state index contributed by atoms with van der Waals surface area (Å²) in [5.41, 5.74) is 13.3. The molecule has 0 saturated heterocycles. The highest BCUT2D eigenvalue weighted by atomic mass is 16.3. The third kappa shape index (κ3) is 4.54. The summed E-state index contributed by atoms with van der Waals surface area (Å²) in [6.45, 7) is 4.62. The highest BCUT2D eigenvalue weighted by Crippen LogP contribution is 2.51. The molecule has 3 aromatic heterocycles. The number of rotatable bonds is 4. The van der Waals surface area contributed by atoms with E-state index in [1.165, 1.54) is 22.3 Å². The molecule has 3 heterocycles. The summed E-state index contributed by atoms with van der Waals surface area (Å²) < 4.78 is 12.7. The number of hydrogen-bond acceptors (Lipinski definition) is 5. The Morgan fingerprint density at radius 1 is 0.377 bits per heavy atom. The van der Waals surface area contributed by atoms with Crippen LogP contribution in [-0.2, 0) is 5.41 Å². The first-order valence-corrected chi connectivity index (χ1v) is 17.9. The Bertz CT molecular complexity index is 3100. The van der Waals surface area contributed by atoms with Crippen LogP contribution in [0.1, 0.15) is 25.0 Å². The number of para-hydroxylation sites is 3. The van der Waals surface area contributed by atoms with Gasteiger partial charge in [0.1, 0.15) is 22.3 Å². The molecule has 250 valence electrons. The Balaban J connectivity index is 1.04. The summed E-state index contributed by atoms with van der Waals surface area (Å²) in [7, 11) is 0. The van der Waals surface area contributed by atoms with Crippen molar-refractivity contribution in [3.8, 4) is 56.4 Å². The summed E-state index contributed by atoms with van der Waals surface area (Å²) >= 11 is 0. The number of fused-ring (bicyclic) bond motifs is 9. The SMILES string of the molecule is CC1(C)c2cc(-c3cccc(-c4nc(-c5ccccc5)nc(-c5cccc6c5oc5ccccc56)n4)c3)ccc2-c2cc3c(cc21)oc1ccccc13. The lowest BCUT2D eigenvalue weighted by Crippen LogP contribution is -2.15. The number of furan rings is 2. The smallest absolute Gasteiger partial charge is 0.167 e. The highest BCUT2D eigenvalue weighted by molar-refractivity contribution is 6.09. The van der Waals surface area contributed by atoms with E-state index in [-0.39, 0.29) is 5.41 Å². The second kappa shape index (κ2) is 11.1. The van der Waals surface area contributed by atoms with Gasteiger partial charge in [0, 0.05) is 38.1 Å². The van der Waals surface area contributed by atoms with Gasteiger partial charge in [-0.3, -0.25) is 0 Å². The molecular formula is C48H31N3O2. The molecule has 53 heavy (non-hydrogen) atoms. The largest absolute Gasteiger partial charge is 0.456 e. The Kier molecular flexibility index (Phi) is 6.23. The van der Waals surface area contributed by atoms with Gasteiger partial charge in [0.05, 0.1) is 5.56 Å². The van der Waals surface area contributed by atoms with E-state index >= 15 is 0 Å². The van der Waals surface area contributed by atoms with Gasteiger partial charge in [0.15, 0.2) is 17.5 Å². The van der Waals surface area contributed by atoms with E-state index < -0.39 is 0 Å². The molecule has 1 aliphatic carbocycles. The molecule has 7 aromatic carbocycles. The predicted octanol–water partition coefficient (Wildman–Crippen LogP) is 12.6. The van der Waals surface area contributed by atoms with Crippen LogP contribution in [0, 0.1) is 0 Å². The fourth-order valence-corrected chi connectivity index (χ4v) is 8.24. The maximum atomic E-state index is 6.41. The predicted molar refractivity (Wildman–Crippen MR) is 214 cm³/mol. The summed E-state index contributed by atoms with van der Waals surface area (Å²) in [6, 6.07) is 52.6. The van der Waals surface area contributed by atoms with Gasteiger partial charge in [0.25, 0.3) is 0 Å². The van der Waals surface area contributed by atoms with Crippen molar-refractivity contribution in [2.75, 3.05) is 0 Å². The maximum Gasteiger partial charge on any atom is 0.167 e. The number of hydrogen-bond donors (Lipinski definition) is 0. The first-order chi connectivity index (χ1) is 26.0. The Hall–Kier alpha value is -6.85. The topological polar surface area (TPSA) is 65.0 Å². The molecule has 0 aliphatic heterocycles. The van der Waals surface area contributed by atoms with Crippen LogP contribution in [0.2, 0.25) is 0 Å². The maximum absolute atomic E-state index is 6.41. The number of nitrogens with zero attached hydrogens (tertiary/aromatic N) is 3. The van der Waals surface area contributed by atoms with Crippen LogP contribution >= 0.6 is 0 Å². The zero-order valence-corrected chi connectivity index (χ0v) is 29.1. The van der Waals surface area contributed by atoms with Gasteiger partial charge >= 0.3 is 0 Å². The highest BCUT2D eigenvalue weighted by Gasteiger charge is 2.36. The van der Waals surface area contributed by atoms with Gasteiger partial charge in [0.2, 0.25) is 0 Å². The molecule has 1 aliphatic rings. The summed E-state index contributed by atoms with van der Waals surface area (Å²) in [6.07, 6.45) is 0. The summed E-state index contributed by atoms with van der Waals surface area (Å²) in [4.78, 5) is 15.2. The van der Waals surface area contributed by atoms with Crippen molar-refractivity contribution < 1.29 is 8.83 Å². The van der Waals surface area contributed by atoms with Crippen LogP contribution in [0.5, 0.6) is 0 Å². The molecule has 0 radical (unpaired) electrons. The molecule has 0 fully saturated rings. The molecule has 0 amide bonds. The molecule has 0 spiro atoms. The molecule has 0 atom stereocenters. The average molecular weight is 682 g/mol. The van der Waals surface area contributed by atoms with E-state index in [0.717, 1.165) is 71.7 Å². The Morgan fingerprint density at radius 2 is 0.981 bits per heavy atom. The molecule has 0 bridgehead atoms. The lowest BCUT2D eigenvalue weighted by Gasteiger charge is -2.22. The lowest BCUT2D eigenvalue weighted by molar-refractivity contribution is 0.647. The fraction of sp³-hybridized carbons (Fsp3) is 0.0625. The molecule has 5 heteroatoms. The fourth-order valence-electron chi connectivity index (χ4n) is 8.24. The van der Waals surface area contributed by atoms with E-state index in [2.05, 4.69) is 92.7 Å². The zero-order chi connectivity index (χ0) is 35.3. The first-order valence-electron chi connectivity index (χ1n) is 17.9. The second-order valence-corrected chi connectivity index (χ2v) is 14.4. The van der Waals surface area contributed by atoms with Gasteiger partial charge in [-0.15, -0.1) is 0 Å². The van der Waals surface area contributed by atoms with Gasteiger partial charge in [-0.25, -0.2) is 15.0 Å². The molecule has 11 rings (SSSR count). The molecule has 0 unspecified atom stereocenters. The van der Waals surface area contributed by atoms with Crippen LogP contribution in [0.15, 0.2) is 160 Å². The Morgan fingerprint density at radius 3 is 1.81 bits per heavy atom. The summed E-state index contributed by atoms with van der Waals surface area (Å²) in [5.74, 6) is 1.78. The molecule has 5 nitrogen and oxygen atoms in total. The Labute approximate surface area is 305 Å². The quantitative estimate of drug-likeness (QED) is 0.185. The van der Waals surface area contributed by atoms with E-state index in [1.54, 1.807) is 0 Å². The van der Waals surface area contributed by atoms with Crippen LogP contribution in [0.3, 0.4) is 0 Å². The van der Waals surface area contributed by atoms with E-state index in [9.17, 15) is 0 Å². The first kappa shape index (κ1) is 29.8. The van der Waals surface area contributed by atoms with E-state index in [1.807, 2.05) is 72.8 Å². The minimum atomic E-state index is -0.198. The standard InChI is InChI=1S/C48H31N3O2/c1-48(2)39-25-30(22-23-32(39)37-26-38-34-17-7-8-20-41(34)52-43(38)27-40(37)48)29-14-10-15-31(24-29)46-49-45(28-12-4-3-5-13-28)50-47(51-46)36-19-11-18-35-33-16-6-9-21-42(33)53-44(35)36/h3-27H,1-2H3. The summed E-state index contributed by atoms with van der Waals surface area (Å²) in [5, 5.41) is 4.41. The third-order valence-electron chi connectivity index (χ3n) is 10.9. The number of benzene rings is 7. The van der Waals surface area contributed by atoms with Gasteiger partial charge in [-0.2, -0.15) is 0 Å². The van der Waals surface area contributed by atoms with Crippen molar-refractivity contribution >= 4 is 43.9 Å². The molecule has 10 aromatic rings.